The van der Waals surface area contributed by atoms with Gasteiger partial charge in [0.2, 0.25) is 6.41 Å². The van der Waals surface area contributed by atoms with E-state index in [1.54, 1.807) is 21.8 Å². The van der Waals surface area contributed by atoms with Gasteiger partial charge < -0.3 is 5.32 Å². The van der Waals surface area contributed by atoms with Gasteiger partial charge in [-0.2, -0.15) is 0 Å². The molecule has 0 fully saturated rings. The number of allylic oxidation sites excluding steroid dienone is 3. The molecule has 2 amide bonds. The monoisotopic (exact) mass is 378 g/mol. The molecule has 3 rings (SSSR count). The van der Waals surface area contributed by atoms with Crippen molar-refractivity contribution in [2.45, 2.75) is 13.8 Å². The second-order valence-corrected chi connectivity index (χ2v) is 6.41. The summed E-state index contributed by atoms with van der Waals surface area (Å²) in [5.41, 5.74) is 7.61. The number of aromatic nitrogens is 3. The van der Waals surface area contributed by atoms with Crippen LogP contribution in [0.1, 0.15) is 13.8 Å². The molecule has 0 aliphatic carbocycles. The van der Waals surface area contributed by atoms with E-state index < -0.39 is 0 Å². The molecular weight excluding hydrogens is 356 g/mol. The van der Waals surface area contributed by atoms with Crippen LogP contribution in [0.25, 0.3) is 16.7 Å². The van der Waals surface area contributed by atoms with Crippen LogP contribution in [-0.2, 0) is 9.59 Å². The maximum Gasteiger partial charge on any atom is 0.261 e. The van der Waals surface area contributed by atoms with Crippen LogP contribution in [0.15, 0.2) is 65.9 Å². The van der Waals surface area contributed by atoms with Crippen LogP contribution in [0.5, 0.6) is 0 Å². The SMILES string of the molecule is C/C(=C\C=C(/C)n1nnc2ccccc21)CN1NCC(/C=C\NC=O)=CC1=O. The van der Waals surface area contributed by atoms with E-state index in [0.29, 0.717) is 19.5 Å². The van der Waals surface area contributed by atoms with Gasteiger partial charge in [0.15, 0.2) is 0 Å². The van der Waals surface area contributed by atoms with Gasteiger partial charge in [0, 0.05) is 24.5 Å². The molecule has 144 valence electrons. The van der Waals surface area contributed by atoms with Crippen LogP contribution in [0.4, 0.5) is 0 Å². The van der Waals surface area contributed by atoms with Gasteiger partial charge >= 0.3 is 0 Å². The molecule has 28 heavy (non-hydrogen) atoms. The summed E-state index contributed by atoms with van der Waals surface area (Å²) < 4.78 is 1.79. The van der Waals surface area contributed by atoms with Crippen molar-refractivity contribution in [1.82, 2.24) is 30.7 Å². The molecule has 1 aromatic carbocycles. The fourth-order valence-electron chi connectivity index (χ4n) is 2.75. The Balaban J connectivity index is 1.65. The minimum Gasteiger partial charge on any atom is -0.335 e. The van der Waals surface area contributed by atoms with E-state index in [1.165, 1.54) is 6.20 Å². The molecule has 0 spiro atoms. The van der Waals surface area contributed by atoms with Crippen molar-refractivity contribution in [2.24, 2.45) is 0 Å². The van der Waals surface area contributed by atoms with Crippen LogP contribution in [-0.4, -0.2) is 45.4 Å². The molecule has 1 aliphatic rings. The molecular formula is C20H22N6O2. The molecule has 0 bridgehead atoms. The summed E-state index contributed by atoms with van der Waals surface area (Å²) in [4.78, 5) is 22.5. The molecule has 2 aromatic rings. The van der Waals surface area contributed by atoms with E-state index in [1.807, 2.05) is 50.3 Å². The fraction of sp³-hybridized carbons (Fsp3) is 0.200. The number of nitrogens with zero attached hydrogens (tertiary/aromatic N) is 4. The summed E-state index contributed by atoms with van der Waals surface area (Å²) in [6.45, 7) is 4.89. The van der Waals surface area contributed by atoms with Crippen LogP contribution in [0, 0.1) is 0 Å². The summed E-state index contributed by atoms with van der Waals surface area (Å²) in [5, 5.41) is 12.3. The topological polar surface area (TPSA) is 92.2 Å². The lowest BCUT2D eigenvalue weighted by Crippen LogP contribution is -2.46. The number of fused-ring (bicyclic) bond motifs is 1. The number of hydrazine groups is 1. The van der Waals surface area contributed by atoms with E-state index in [4.69, 9.17) is 0 Å². The van der Waals surface area contributed by atoms with Gasteiger partial charge in [-0.15, -0.1) is 5.10 Å². The van der Waals surface area contributed by atoms with Gasteiger partial charge in [-0.05, 0) is 43.7 Å². The molecule has 1 aromatic heterocycles. The van der Waals surface area contributed by atoms with Crippen LogP contribution >= 0.6 is 0 Å². The third kappa shape index (κ3) is 4.60. The summed E-state index contributed by atoms with van der Waals surface area (Å²) >= 11 is 0. The molecule has 8 nitrogen and oxygen atoms in total. The largest absolute Gasteiger partial charge is 0.335 e. The number of hydrogen-bond acceptors (Lipinski definition) is 5. The lowest BCUT2D eigenvalue weighted by molar-refractivity contribution is -0.129. The predicted molar refractivity (Wildman–Crippen MR) is 107 cm³/mol. The Hall–Kier alpha value is -3.52. The molecule has 2 N–H and O–H groups in total. The summed E-state index contributed by atoms with van der Waals surface area (Å²) in [7, 11) is 0. The number of carbonyl (C=O) groups excluding carboxylic acids is 2. The second-order valence-electron chi connectivity index (χ2n) is 6.41. The van der Waals surface area contributed by atoms with Gasteiger partial charge in [-0.3, -0.25) is 14.6 Å². The van der Waals surface area contributed by atoms with E-state index in [2.05, 4.69) is 21.1 Å². The van der Waals surface area contributed by atoms with Crippen molar-refractivity contribution < 1.29 is 9.59 Å². The molecule has 2 heterocycles. The first-order valence-corrected chi connectivity index (χ1v) is 8.85. The van der Waals surface area contributed by atoms with Crippen molar-refractivity contribution >= 4 is 29.0 Å². The first-order valence-electron chi connectivity index (χ1n) is 8.85. The molecule has 0 saturated carbocycles. The second kappa shape index (κ2) is 8.92. The standard InChI is InChI=1S/C20H22N6O2/c1-15(13-25-20(28)11-17(12-22-25)9-10-21-14-27)7-8-16(2)26-19-6-4-3-5-18(19)23-24-26/h3-11,14,22H,12-13H2,1-2H3,(H,21,27)/b10-9-,15-7+,16-8+. The summed E-state index contributed by atoms with van der Waals surface area (Å²) in [6.07, 6.45) is 9.24. The Morgan fingerprint density at radius 3 is 2.89 bits per heavy atom. The van der Waals surface area contributed by atoms with Crippen LogP contribution in [0.3, 0.4) is 0 Å². The number of hydrogen-bond donors (Lipinski definition) is 2. The van der Waals surface area contributed by atoms with E-state index in [-0.39, 0.29) is 5.91 Å². The zero-order valence-corrected chi connectivity index (χ0v) is 15.8. The summed E-state index contributed by atoms with van der Waals surface area (Å²) in [5.74, 6) is -0.132. The molecule has 0 radical (unpaired) electrons. The molecule has 8 heteroatoms. The molecule has 1 aliphatic heterocycles. The number of benzene rings is 1. The zero-order valence-electron chi connectivity index (χ0n) is 15.8. The van der Waals surface area contributed by atoms with E-state index >= 15 is 0 Å². The molecule has 0 atom stereocenters. The highest BCUT2D eigenvalue weighted by molar-refractivity contribution is 5.89. The van der Waals surface area contributed by atoms with Crippen molar-refractivity contribution in [3.05, 3.63) is 65.9 Å². The number of rotatable bonds is 7. The fourth-order valence-corrected chi connectivity index (χ4v) is 2.75. The van der Waals surface area contributed by atoms with Crippen molar-refractivity contribution in [1.29, 1.82) is 0 Å². The third-order valence-corrected chi connectivity index (χ3v) is 4.21. The van der Waals surface area contributed by atoms with Gasteiger partial charge in [0.05, 0.1) is 12.1 Å². The average Bonchev–Trinajstić information content (AvgIpc) is 3.13. The highest BCUT2D eigenvalue weighted by atomic mass is 16.2. The van der Waals surface area contributed by atoms with Crippen molar-refractivity contribution in [3.8, 4) is 0 Å². The Kier molecular flexibility index (Phi) is 6.13. The average molecular weight is 378 g/mol. The predicted octanol–water partition coefficient (Wildman–Crippen LogP) is 1.77. The van der Waals surface area contributed by atoms with Crippen molar-refractivity contribution in [2.75, 3.05) is 13.1 Å². The lowest BCUT2D eigenvalue weighted by atomic mass is 10.2. The highest BCUT2D eigenvalue weighted by Gasteiger charge is 2.16. The van der Waals surface area contributed by atoms with Gasteiger partial charge in [-0.1, -0.05) is 29.0 Å². The first kappa shape index (κ1) is 19.2. The minimum absolute atomic E-state index is 0.132. The van der Waals surface area contributed by atoms with E-state index in [9.17, 15) is 9.59 Å². The minimum atomic E-state index is -0.132. The van der Waals surface area contributed by atoms with Gasteiger partial charge in [0.1, 0.15) is 5.52 Å². The van der Waals surface area contributed by atoms with Crippen LogP contribution < -0.4 is 10.7 Å². The number of amides is 2. The number of nitrogens with one attached hydrogen (secondary N) is 2. The quantitative estimate of drug-likeness (QED) is 0.566. The Bertz CT molecular complexity index is 999. The molecule has 0 unspecified atom stereocenters. The maximum absolute atomic E-state index is 12.2. The zero-order chi connectivity index (χ0) is 19.9. The summed E-state index contributed by atoms with van der Waals surface area (Å²) in [6, 6.07) is 7.78. The Labute approximate surface area is 162 Å². The van der Waals surface area contributed by atoms with E-state index in [0.717, 1.165) is 27.9 Å². The Morgan fingerprint density at radius 1 is 1.29 bits per heavy atom. The number of para-hydroxylation sites is 1. The van der Waals surface area contributed by atoms with Gasteiger partial charge in [0.25, 0.3) is 5.91 Å². The maximum atomic E-state index is 12.2. The first-order chi connectivity index (χ1) is 13.6. The Morgan fingerprint density at radius 2 is 2.11 bits per heavy atom. The highest BCUT2D eigenvalue weighted by Crippen LogP contribution is 2.15. The lowest BCUT2D eigenvalue weighted by Gasteiger charge is -2.26. The molecule has 0 saturated heterocycles. The number of carbonyl (C=O) groups is 2. The van der Waals surface area contributed by atoms with Crippen molar-refractivity contribution in [3.63, 3.8) is 0 Å². The smallest absolute Gasteiger partial charge is 0.261 e. The third-order valence-electron chi connectivity index (χ3n) is 4.21. The van der Waals surface area contributed by atoms with Crippen LogP contribution in [0.2, 0.25) is 0 Å². The normalized spacial score (nSPS) is 16.0. The van der Waals surface area contributed by atoms with Gasteiger partial charge in [-0.25, -0.2) is 10.1 Å².